The lowest BCUT2D eigenvalue weighted by Gasteiger charge is -2.33. The molecule has 5 nitrogen and oxygen atoms in total. The number of likely N-dealkylation sites (N-methyl/N-ethyl adjacent to an activating group) is 1. The van der Waals surface area contributed by atoms with Gasteiger partial charge in [-0.05, 0) is 32.6 Å². The van der Waals surface area contributed by atoms with Crippen LogP contribution in [0, 0.1) is 11.8 Å². The molecule has 1 saturated heterocycles. The van der Waals surface area contributed by atoms with Crippen molar-refractivity contribution in [1.29, 1.82) is 0 Å². The molecule has 2 rings (SSSR count). The smallest absolute Gasteiger partial charge is 0.306 e. The normalized spacial score (nSPS) is 35.1. The number of amides is 1. The van der Waals surface area contributed by atoms with Crippen molar-refractivity contribution in [3.05, 3.63) is 0 Å². The molecular weight excluding hydrogens is 246 g/mol. The number of ether oxygens (including phenoxy) is 1. The minimum Gasteiger partial charge on any atom is -0.481 e. The molecule has 2 aliphatic rings. The van der Waals surface area contributed by atoms with Crippen molar-refractivity contribution in [2.75, 3.05) is 13.7 Å². The Hall–Kier alpha value is -1.10. The number of carbonyl (C=O) groups excluding carboxylic acids is 1. The van der Waals surface area contributed by atoms with Crippen molar-refractivity contribution in [3.8, 4) is 0 Å². The lowest BCUT2D eigenvalue weighted by molar-refractivity contribution is -0.146. The molecule has 1 heterocycles. The highest BCUT2D eigenvalue weighted by Gasteiger charge is 2.36. The van der Waals surface area contributed by atoms with Crippen molar-refractivity contribution in [3.63, 3.8) is 0 Å². The molecule has 1 amide bonds. The zero-order valence-corrected chi connectivity index (χ0v) is 11.7. The van der Waals surface area contributed by atoms with Crippen LogP contribution in [0.3, 0.4) is 0 Å². The van der Waals surface area contributed by atoms with Crippen LogP contribution in [0.25, 0.3) is 0 Å². The topological polar surface area (TPSA) is 66.8 Å². The van der Waals surface area contributed by atoms with E-state index >= 15 is 0 Å². The molecule has 1 N–H and O–H groups in total. The molecule has 108 valence electrons. The monoisotopic (exact) mass is 269 g/mol. The van der Waals surface area contributed by atoms with Gasteiger partial charge >= 0.3 is 5.97 Å². The van der Waals surface area contributed by atoms with Gasteiger partial charge in [0.15, 0.2) is 0 Å². The molecule has 19 heavy (non-hydrogen) atoms. The van der Waals surface area contributed by atoms with Crippen LogP contribution in [0.1, 0.15) is 39.0 Å². The maximum Gasteiger partial charge on any atom is 0.306 e. The molecule has 1 aliphatic carbocycles. The largest absolute Gasteiger partial charge is 0.481 e. The Morgan fingerprint density at radius 1 is 1.21 bits per heavy atom. The Morgan fingerprint density at radius 2 is 1.89 bits per heavy atom. The highest BCUT2D eigenvalue weighted by Crippen LogP contribution is 2.31. The maximum absolute atomic E-state index is 12.5. The van der Waals surface area contributed by atoms with Crippen LogP contribution in [0.2, 0.25) is 0 Å². The van der Waals surface area contributed by atoms with Crippen LogP contribution in [-0.2, 0) is 14.3 Å². The fraction of sp³-hybridized carbons (Fsp3) is 0.857. The van der Waals surface area contributed by atoms with E-state index in [-0.39, 0.29) is 29.9 Å². The molecule has 1 saturated carbocycles. The third-order valence-corrected chi connectivity index (χ3v) is 4.55. The molecule has 0 aromatic rings. The van der Waals surface area contributed by atoms with E-state index in [1.807, 2.05) is 14.0 Å². The van der Waals surface area contributed by atoms with Crippen molar-refractivity contribution in [2.24, 2.45) is 11.8 Å². The summed E-state index contributed by atoms with van der Waals surface area (Å²) in [5.74, 6) is -1.16. The lowest BCUT2D eigenvalue weighted by Crippen LogP contribution is -2.45. The standard InChI is InChI=1S/C14H23NO4/c1-9-12(6-7-19-9)15(2)13(16)10-4-3-5-11(8-10)14(17)18/h9-12H,3-8H2,1-2H3,(H,17,18). The average Bonchev–Trinajstić information content (AvgIpc) is 2.83. The molecule has 4 unspecified atom stereocenters. The first-order chi connectivity index (χ1) is 9.00. The van der Waals surface area contributed by atoms with Gasteiger partial charge in [-0.15, -0.1) is 0 Å². The molecule has 0 spiro atoms. The number of carboxylic acid groups (broad SMARTS) is 1. The molecule has 1 aliphatic heterocycles. The highest BCUT2D eigenvalue weighted by molar-refractivity contribution is 5.80. The highest BCUT2D eigenvalue weighted by atomic mass is 16.5. The summed E-state index contributed by atoms with van der Waals surface area (Å²) in [5, 5.41) is 9.09. The summed E-state index contributed by atoms with van der Waals surface area (Å²) in [7, 11) is 1.82. The molecule has 0 bridgehead atoms. The van der Waals surface area contributed by atoms with E-state index in [4.69, 9.17) is 9.84 Å². The maximum atomic E-state index is 12.5. The molecule has 0 radical (unpaired) electrons. The van der Waals surface area contributed by atoms with Crippen molar-refractivity contribution in [1.82, 2.24) is 4.90 Å². The summed E-state index contributed by atoms with van der Waals surface area (Å²) >= 11 is 0. The summed E-state index contributed by atoms with van der Waals surface area (Å²) in [6, 6.07) is 0.137. The third-order valence-electron chi connectivity index (χ3n) is 4.55. The number of hydrogen-bond acceptors (Lipinski definition) is 3. The molecule has 4 atom stereocenters. The summed E-state index contributed by atoms with van der Waals surface area (Å²) in [6.45, 7) is 2.69. The quantitative estimate of drug-likeness (QED) is 0.843. The number of nitrogens with zero attached hydrogens (tertiary/aromatic N) is 1. The van der Waals surface area contributed by atoms with Crippen LogP contribution in [0.5, 0.6) is 0 Å². The van der Waals surface area contributed by atoms with Gasteiger partial charge in [-0.25, -0.2) is 0 Å². The minimum absolute atomic E-state index is 0.0767. The van der Waals surface area contributed by atoms with Gasteiger partial charge in [0.05, 0.1) is 18.1 Å². The van der Waals surface area contributed by atoms with Crippen LogP contribution in [0.4, 0.5) is 0 Å². The molecule has 5 heteroatoms. The van der Waals surface area contributed by atoms with Crippen LogP contribution < -0.4 is 0 Å². The van der Waals surface area contributed by atoms with Gasteiger partial charge < -0.3 is 14.7 Å². The summed E-state index contributed by atoms with van der Waals surface area (Å²) in [6.07, 6.45) is 3.78. The van der Waals surface area contributed by atoms with Gasteiger partial charge in [0, 0.05) is 19.6 Å². The Bertz CT molecular complexity index is 357. The van der Waals surface area contributed by atoms with Crippen molar-refractivity contribution >= 4 is 11.9 Å². The van der Waals surface area contributed by atoms with E-state index in [1.165, 1.54) is 0 Å². The van der Waals surface area contributed by atoms with Crippen LogP contribution in [-0.4, -0.2) is 47.7 Å². The Labute approximate surface area is 113 Å². The number of carboxylic acids is 1. The van der Waals surface area contributed by atoms with Gasteiger partial charge in [0.25, 0.3) is 0 Å². The fourth-order valence-corrected chi connectivity index (χ4v) is 3.32. The molecule has 2 fully saturated rings. The number of hydrogen-bond donors (Lipinski definition) is 1. The summed E-state index contributed by atoms with van der Waals surface area (Å²) in [4.78, 5) is 25.3. The van der Waals surface area contributed by atoms with Crippen LogP contribution in [0.15, 0.2) is 0 Å². The van der Waals surface area contributed by atoms with Gasteiger partial charge in [0.1, 0.15) is 0 Å². The first kappa shape index (κ1) is 14.3. The lowest BCUT2D eigenvalue weighted by atomic mass is 9.80. The number of aliphatic carboxylic acids is 1. The average molecular weight is 269 g/mol. The zero-order chi connectivity index (χ0) is 14.0. The van der Waals surface area contributed by atoms with Crippen molar-refractivity contribution < 1.29 is 19.4 Å². The third kappa shape index (κ3) is 3.08. The van der Waals surface area contributed by atoms with E-state index in [2.05, 4.69) is 0 Å². The predicted molar refractivity (Wildman–Crippen MR) is 69.7 cm³/mol. The number of rotatable bonds is 3. The van der Waals surface area contributed by atoms with Gasteiger partial charge in [-0.3, -0.25) is 9.59 Å². The second-order valence-electron chi connectivity index (χ2n) is 5.78. The Morgan fingerprint density at radius 3 is 2.47 bits per heavy atom. The van der Waals surface area contributed by atoms with Gasteiger partial charge in [0.2, 0.25) is 5.91 Å². The van der Waals surface area contributed by atoms with Crippen molar-refractivity contribution in [2.45, 2.75) is 51.2 Å². The van der Waals surface area contributed by atoms with Gasteiger partial charge in [-0.1, -0.05) is 6.42 Å². The molecule has 0 aromatic carbocycles. The summed E-state index contributed by atoms with van der Waals surface area (Å²) < 4.78 is 5.50. The first-order valence-corrected chi connectivity index (χ1v) is 7.11. The minimum atomic E-state index is -0.766. The second-order valence-corrected chi connectivity index (χ2v) is 5.78. The zero-order valence-electron chi connectivity index (χ0n) is 11.7. The number of carbonyl (C=O) groups is 2. The second kappa shape index (κ2) is 5.90. The predicted octanol–water partition coefficient (Wildman–Crippen LogP) is 1.51. The van der Waals surface area contributed by atoms with E-state index in [0.717, 1.165) is 19.3 Å². The van der Waals surface area contributed by atoms with E-state index in [1.54, 1.807) is 4.90 Å². The fourth-order valence-electron chi connectivity index (χ4n) is 3.32. The van der Waals surface area contributed by atoms with Gasteiger partial charge in [-0.2, -0.15) is 0 Å². The SMILES string of the molecule is CC1OCCC1N(C)C(=O)C1CCCC(C(=O)O)C1. The first-order valence-electron chi connectivity index (χ1n) is 7.11. The molecule has 0 aromatic heterocycles. The van der Waals surface area contributed by atoms with E-state index in [0.29, 0.717) is 19.4 Å². The summed E-state index contributed by atoms with van der Waals surface area (Å²) in [5.41, 5.74) is 0. The van der Waals surface area contributed by atoms with E-state index < -0.39 is 5.97 Å². The Balaban J connectivity index is 1.96. The van der Waals surface area contributed by atoms with E-state index in [9.17, 15) is 9.59 Å². The van der Waals surface area contributed by atoms with Crippen LogP contribution >= 0.6 is 0 Å². The molecular formula is C14H23NO4. The Kier molecular flexibility index (Phi) is 4.45.